The highest BCUT2D eigenvalue weighted by molar-refractivity contribution is 9.10. The lowest BCUT2D eigenvalue weighted by Gasteiger charge is -2.15. The lowest BCUT2D eigenvalue weighted by molar-refractivity contribution is -0.142. The number of aromatic nitrogens is 2. The van der Waals surface area contributed by atoms with Crippen molar-refractivity contribution in [3.8, 4) is 0 Å². The molecule has 2 aromatic rings. The molecule has 0 saturated heterocycles. The molecule has 0 aliphatic rings. The van der Waals surface area contributed by atoms with Gasteiger partial charge in [-0.2, -0.15) is 0 Å². The van der Waals surface area contributed by atoms with E-state index in [2.05, 4.69) is 26.2 Å². The van der Waals surface area contributed by atoms with E-state index in [-0.39, 0.29) is 5.92 Å². The van der Waals surface area contributed by atoms with Crippen LogP contribution in [0.3, 0.4) is 0 Å². The SMILES string of the molecule is CC(C)CC(CNCc1cnc2ccc(Br)cn12)C(=O)O. The molecule has 1 unspecified atom stereocenters. The Morgan fingerprint density at radius 3 is 2.90 bits per heavy atom. The minimum absolute atomic E-state index is 0.351. The highest BCUT2D eigenvalue weighted by Crippen LogP contribution is 2.14. The number of carboxylic acid groups (broad SMARTS) is 1. The normalized spacial score (nSPS) is 13.0. The number of hydrogen-bond acceptors (Lipinski definition) is 3. The Morgan fingerprint density at radius 2 is 2.24 bits per heavy atom. The fourth-order valence-corrected chi connectivity index (χ4v) is 2.69. The van der Waals surface area contributed by atoms with E-state index in [0.717, 1.165) is 15.8 Å². The first-order valence-electron chi connectivity index (χ1n) is 7.02. The summed E-state index contributed by atoms with van der Waals surface area (Å²) in [6.07, 6.45) is 4.45. The lowest BCUT2D eigenvalue weighted by Crippen LogP contribution is -2.29. The number of pyridine rings is 1. The summed E-state index contributed by atoms with van der Waals surface area (Å²) in [5.74, 6) is -0.715. The number of hydrogen-bond donors (Lipinski definition) is 2. The highest BCUT2D eigenvalue weighted by atomic mass is 79.9. The second kappa shape index (κ2) is 7.04. The molecule has 2 heterocycles. The fourth-order valence-electron chi connectivity index (χ4n) is 2.35. The van der Waals surface area contributed by atoms with Gasteiger partial charge in [0, 0.05) is 23.8 Å². The maximum atomic E-state index is 11.2. The molecule has 114 valence electrons. The van der Waals surface area contributed by atoms with Gasteiger partial charge >= 0.3 is 5.97 Å². The topological polar surface area (TPSA) is 66.6 Å². The van der Waals surface area contributed by atoms with Gasteiger partial charge in [0.05, 0.1) is 17.8 Å². The molecule has 0 fully saturated rings. The van der Waals surface area contributed by atoms with Crippen LogP contribution in [0.4, 0.5) is 0 Å². The van der Waals surface area contributed by atoms with Crippen molar-refractivity contribution in [1.29, 1.82) is 0 Å². The Kier molecular flexibility index (Phi) is 5.36. The zero-order valence-electron chi connectivity index (χ0n) is 12.2. The summed E-state index contributed by atoms with van der Waals surface area (Å²) in [4.78, 5) is 15.5. The Labute approximate surface area is 132 Å². The first-order valence-corrected chi connectivity index (χ1v) is 7.81. The van der Waals surface area contributed by atoms with Crippen molar-refractivity contribution < 1.29 is 9.90 Å². The Morgan fingerprint density at radius 1 is 1.48 bits per heavy atom. The largest absolute Gasteiger partial charge is 0.481 e. The molecule has 1 atom stereocenters. The van der Waals surface area contributed by atoms with Crippen molar-refractivity contribution in [2.45, 2.75) is 26.8 Å². The van der Waals surface area contributed by atoms with Crippen LogP contribution in [-0.2, 0) is 11.3 Å². The van der Waals surface area contributed by atoms with E-state index in [4.69, 9.17) is 0 Å². The van der Waals surface area contributed by atoms with Crippen molar-refractivity contribution in [1.82, 2.24) is 14.7 Å². The van der Waals surface area contributed by atoms with E-state index in [0.29, 0.717) is 25.4 Å². The molecule has 2 N–H and O–H groups in total. The Balaban J connectivity index is 1.98. The van der Waals surface area contributed by atoms with E-state index < -0.39 is 5.97 Å². The molecule has 0 radical (unpaired) electrons. The summed E-state index contributed by atoms with van der Waals surface area (Å²) < 4.78 is 2.98. The highest BCUT2D eigenvalue weighted by Gasteiger charge is 2.18. The molecule has 0 saturated carbocycles. The number of nitrogens with one attached hydrogen (secondary N) is 1. The van der Waals surface area contributed by atoms with Gasteiger partial charge in [0.25, 0.3) is 0 Å². The first-order chi connectivity index (χ1) is 9.97. The van der Waals surface area contributed by atoms with Crippen LogP contribution in [0.1, 0.15) is 26.0 Å². The maximum absolute atomic E-state index is 11.2. The summed E-state index contributed by atoms with van der Waals surface area (Å²) in [6.45, 7) is 5.14. The number of rotatable bonds is 7. The van der Waals surface area contributed by atoms with E-state index in [1.54, 1.807) is 0 Å². The molecule has 2 aromatic heterocycles. The predicted molar refractivity (Wildman–Crippen MR) is 85.2 cm³/mol. The fraction of sp³-hybridized carbons (Fsp3) is 0.467. The van der Waals surface area contributed by atoms with Gasteiger partial charge in [0.2, 0.25) is 0 Å². The van der Waals surface area contributed by atoms with Crippen molar-refractivity contribution in [3.05, 3.63) is 34.7 Å². The predicted octanol–water partition coefficient (Wildman–Crippen LogP) is 2.93. The van der Waals surface area contributed by atoms with Gasteiger partial charge in [-0.05, 0) is 40.4 Å². The molecule has 0 amide bonds. The number of imidazole rings is 1. The zero-order chi connectivity index (χ0) is 15.4. The monoisotopic (exact) mass is 353 g/mol. The molecule has 2 rings (SSSR count). The van der Waals surface area contributed by atoms with Crippen molar-refractivity contribution in [3.63, 3.8) is 0 Å². The van der Waals surface area contributed by atoms with Crippen LogP contribution >= 0.6 is 15.9 Å². The quantitative estimate of drug-likeness (QED) is 0.802. The number of fused-ring (bicyclic) bond motifs is 1. The van der Waals surface area contributed by atoms with Crippen molar-refractivity contribution >= 4 is 27.5 Å². The van der Waals surface area contributed by atoms with Crippen LogP contribution in [0.15, 0.2) is 29.0 Å². The van der Waals surface area contributed by atoms with E-state index in [1.807, 2.05) is 42.8 Å². The Bertz CT molecular complexity index is 624. The van der Waals surface area contributed by atoms with Gasteiger partial charge in [-0.15, -0.1) is 0 Å². The minimum atomic E-state index is -0.739. The van der Waals surface area contributed by atoms with Crippen LogP contribution in [0.5, 0.6) is 0 Å². The molecule has 0 bridgehead atoms. The standard InChI is InChI=1S/C15H20BrN3O2/c1-10(2)5-11(15(20)21)6-17-7-13-8-18-14-4-3-12(16)9-19(13)14/h3-4,8-11,17H,5-7H2,1-2H3,(H,20,21). The molecular weight excluding hydrogens is 334 g/mol. The number of carboxylic acids is 1. The number of aliphatic carboxylic acids is 1. The average molecular weight is 354 g/mol. The van der Waals surface area contributed by atoms with Gasteiger partial charge in [0.15, 0.2) is 0 Å². The minimum Gasteiger partial charge on any atom is -0.481 e. The van der Waals surface area contributed by atoms with Crippen LogP contribution in [-0.4, -0.2) is 27.0 Å². The molecule has 0 aliphatic carbocycles. The van der Waals surface area contributed by atoms with Crippen LogP contribution in [0.2, 0.25) is 0 Å². The van der Waals surface area contributed by atoms with Gasteiger partial charge < -0.3 is 14.8 Å². The molecule has 0 aromatic carbocycles. The molecule has 5 nitrogen and oxygen atoms in total. The summed E-state index contributed by atoms with van der Waals surface area (Å²) in [5, 5.41) is 12.5. The van der Waals surface area contributed by atoms with Gasteiger partial charge in [-0.1, -0.05) is 13.8 Å². The average Bonchev–Trinajstić information content (AvgIpc) is 2.79. The lowest BCUT2D eigenvalue weighted by atomic mass is 9.97. The number of carbonyl (C=O) groups is 1. The molecule has 0 aliphatic heterocycles. The second-order valence-electron chi connectivity index (χ2n) is 5.62. The maximum Gasteiger partial charge on any atom is 0.307 e. The third-order valence-corrected chi connectivity index (χ3v) is 3.82. The molecule has 21 heavy (non-hydrogen) atoms. The second-order valence-corrected chi connectivity index (χ2v) is 6.54. The first kappa shape index (κ1) is 16.0. The van der Waals surface area contributed by atoms with E-state index >= 15 is 0 Å². The van der Waals surface area contributed by atoms with E-state index in [1.165, 1.54) is 0 Å². The third-order valence-electron chi connectivity index (χ3n) is 3.35. The number of nitrogens with zero attached hydrogens (tertiary/aromatic N) is 2. The summed E-state index contributed by atoms with van der Waals surface area (Å²) in [7, 11) is 0. The molecule has 6 heteroatoms. The molecule has 0 spiro atoms. The van der Waals surface area contributed by atoms with Crippen LogP contribution in [0, 0.1) is 11.8 Å². The summed E-state index contributed by atoms with van der Waals surface area (Å²) in [5.41, 5.74) is 1.90. The number of halogens is 1. The van der Waals surface area contributed by atoms with Crippen molar-refractivity contribution in [2.24, 2.45) is 11.8 Å². The van der Waals surface area contributed by atoms with Gasteiger partial charge in [0.1, 0.15) is 5.65 Å². The third kappa shape index (κ3) is 4.28. The van der Waals surface area contributed by atoms with Gasteiger partial charge in [-0.25, -0.2) is 4.98 Å². The summed E-state index contributed by atoms with van der Waals surface area (Å²) >= 11 is 3.44. The van der Waals surface area contributed by atoms with Crippen LogP contribution in [0.25, 0.3) is 5.65 Å². The molecular formula is C15H20BrN3O2. The van der Waals surface area contributed by atoms with E-state index in [9.17, 15) is 9.90 Å². The van der Waals surface area contributed by atoms with Crippen molar-refractivity contribution in [2.75, 3.05) is 6.54 Å². The van der Waals surface area contributed by atoms with Gasteiger partial charge in [-0.3, -0.25) is 4.79 Å². The smallest absolute Gasteiger partial charge is 0.307 e. The Hall–Kier alpha value is -1.40. The van der Waals surface area contributed by atoms with Crippen LogP contribution < -0.4 is 5.32 Å². The summed E-state index contributed by atoms with van der Waals surface area (Å²) in [6, 6.07) is 3.88. The zero-order valence-corrected chi connectivity index (χ0v) is 13.8.